The second-order valence-corrected chi connectivity index (χ2v) is 10.4. The molecule has 2 atom stereocenters. The van der Waals surface area contributed by atoms with Gasteiger partial charge in [-0.25, -0.2) is 13.4 Å². The number of pyridine rings is 1. The number of likely N-dealkylation sites (tertiary alicyclic amines) is 1. The predicted octanol–water partition coefficient (Wildman–Crippen LogP) is 5.07. The second-order valence-electron chi connectivity index (χ2n) is 7.65. The number of hydrogen-bond acceptors (Lipinski definition) is 4. The van der Waals surface area contributed by atoms with Gasteiger partial charge in [-0.15, -0.1) is 0 Å². The third-order valence-corrected chi connectivity index (χ3v) is 7.86. The van der Waals surface area contributed by atoms with Gasteiger partial charge in [-0.05, 0) is 69.9 Å². The summed E-state index contributed by atoms with van der Waals surface area (Å²) >= 11 is 12.2. The molecule has 0 radical (unpaired) electrons. The molecule has 0 spiro atoms. The molecule has 29 heavy (non-hydrogen) atoms. The highest BCUT2D eigenvalue weighted by Gasteiger charge is 2.30. The minimum atomic E-state index is -3.78. The Bertz CT molecular complexity index is 1030. The summed E-state index contributed by atoms with van der Waals surface area (Å²) in [5, 5.41) is 0.452. The molecule has 1 amide bonds. The van der Waals surface area contributed by atoms with Crippen LogP contribution >= 0.6 is 23.2 Å². The van der Waals surface area contributed by atoms with E-state index in [1.807, 2.05) is 18.7 Å². The lowest BCUT2D eigenvalue weighted by Gasteiger charge is -2.38. The van der Waals surface area contributed by atoms with Crippen LogP contribution in [-0.4, -0.2) is 36.3 Å². The fourth-order valence-corrected chi connectivity index (χ4v) is 5.93. The van der Waals surface area contributed by atoms with Gasteiger partial charge in [-0.3, -0.25) is 4.79 Å². The number of hydrogen-bond donors (Lipinski definition) is 0. The van der Waals surface area contributed by atoms with Crippen LogP contribution in [0.25, 0.3) is 0 Å². The van der Waals surface area contributed by atoms with Crippen LogP contribution in [0.4, 0.5) is 0 Å². The van der Waals surface area contributed by atoms with Gasteiger partial charge in [-0.1, -0.05) is 29.3 Å². The molecule has 1 saturated heterocycles. The lowest BCUT2D eigenvalue weighted by Crippen LogP contribution is -2.47. The lowest BCUT2D eigenvalue weighted by molar-refractivity contribution is 0.0504. The van der Waals surface area contributed by atoms with Gasteiger partial charge in [0.1, 0.15) is 5.69 Å². The first-order chi connectivity index (χ1) is 13.6. The molecular weight excluding hydrogens is 431 g/mol. The van der Waals surface area contributed by atoms with E-state index in [9.17, 15) is 13.2 Å². The zero-order valence-corrected chi connectivity index (χ0v) is 19.0. The summed E-state index contributed by atoms with van der Waals surface area (Å²) in [6.07, 6.45) is 3.01. The fourth-order valence-electron chi connectivity index (χ4n) is 3.77. The molecule has 156 valence electrons. The number of benzene rings is 1. The van der Waals surface area contributed by atoms with Crippen molar-refractivity contribution >= 4 is 38.9 Å². The number of aromatic nitrogens is 1. The van der Waals surface area contributed by atoms with Crippen molar-refractivity contribution < 1.29 is 13.2 Å². The van der Waals surface area contributed by atoms with Crippen molar-refractivity contribution in [1.29, 1.82) is 0 Å². The van der Waals surface area contributed by atoms with E-state index in [1.165, 1.54) is 12.1 Å². The highest BCUT2D eigenvalue weighted by Crippen LogP contribution is 2.30. The number of sulfone groups is 1. The molecule has 0 aliphatic carbocycles. The minimum Gasteiger partial charge on any atom is -0.332 e. The first-order valence-electron chi connectivity index (χ1n) is 9.57. The Hall–Kier alpha value is -1.63. The Labute approximate surface area is 182 Å². The summed E-state index contributed by atoms with van der Waals surface area (Å²) in [5.41, 5.74) is 1.25. The SMILES string of the molecule is Cc1cc(Cl)c(S(=O)(=O)Cc2cccc(C(=O)N3[C@H](C)CCC[C@@H]3C)n2)cc1Cl. The zero-order valence-electron chi connectivity index (χ0n) is 16.7. The molecule has 5 nitrogen and oxygen atoms in total. The second kappa shape index (κ2) is 8.62. The molecule has 1 fully saturated rings. The molecule has 0 saturated carbocycles. The van der Waals surface area contributed by atoms with Crippen LogP contribution in [0, 0.1) is 6.92 Å². The Morgan fingerprint density at radius 2 is 1.79 bits per heavy atom. The van der Waals surface area contributed by atoms with Gasteiger partial charge in [0.15, 0.2) is 9.84 Å². The molecule has 1 aromatic carbocycles. The largest absolute Gasteiger partial charge is 0.332 e. The van der Waals surface area contributed by atoms with E-state index < -0.39 is 9.84 Å². The number of rotatable bonds is 4. The zero-order chi connectivity index (χ0) is 21.3. The maximum Gasteiger partial charge on any atom is 0.272 e. The lowest BCUT2D eigenvalue weighted by atomic mass is 9.97. The molecule has 1 aromatic heterocycles. The van der Waals surface area contributed by atoms with Crippen LogP contribution in [0.1, 0.15) is 54.9 Å². The molecule has 2 aromatic rings. The molecule has 0 N–H and O–H groups in total. The van der Waals surface area contributed by atoms with Crippen molar-refractivity contribution in [3.05, 3.63) is 57.3 Å². The molecule has 8 heteroatoms. The monoisotopic (exact) mass is 454 g/mol. The number of aryl methyl sites for hydroxylation is 1. The Balaban J connectivity index is 1.88. The van der Waals surface area contributed by atoms with Crippen molar-refractivity contribution in [1.82, 2.24) is 9.88 Å². The summed E-state index contributed by atoms with van der Waals surface area (Å²) in [4.78, 5) is 19.2. The van der Waals surface area contributed by atoms with Gasteiger partial charge in [0.05, 0.1) is 21.4 Å². The average Bonchev–Trinajstić information content (AvgIpc) is 2.64. The van der Waals surface area contributed by atoms with Gasteiger partial charge in [0, 0.05) is 17.1 Å². The number of piperidine rings is 1. The van der Waals surface area contributed by atoms with E-state index >= 15 is 0 Å². The van der Waals surface area contributed by atoms with Crippen LogP contribution in [0.3, 0.4) is 0 Å². The number of nitrogens with zero attached hydrogens (tertiary/aromatic N) is 2. The van der Waals surface area contributed by atoms with Crippen LogP contribution in [0.15, 0.2) is 35.2 Å². The average molecular weight is 455 g/mol. The quantitative estimate of drug-likeness (QED) is 0.645. The van der Waals surface area contributed by atoms with Gasteiger partial charge in [0.25, 0.3) is 5.91 Å². The maximum absolute atomic E-state index is 13.0. The Morgan fingerprint density at radius 3 is 2.45 bits per heavy atom. The first-order valence-corrected chi connectivity index (χ1v) is 12.0. The molecule has 0 bridgehead atoms. The number of carbonyl (C=O) groups is 1. The van der Waals surface area contributed by atoms with E-state index in [2.05, 4.69) is 4.98 Å². The molecule has 0 unspecified atom stereocenters. The smallest absolute Gasteiger partial charge is 0.272 e. The summed E-state index contributed by atoms with van der Waals surface area (Å²) < 4.78 is 25.8. The van der Waals surface area contributed by atoms with Gasteiger partial charge in [0.2, 0.25) is 0 Å². The van der Waals surface area contributed by atoms with Crippen LogP contribution in [0.5, 0.6) is 0 Å². The Morgan fingerprint density at radius 1 is 1.14 bits per heavy atom. The van der Waals surface area contributed by atoms with E-state index in [0.29, 0.717) is 16.3 Å². The van der Waals surface area contributed by atoms with Crippen LogP contribution in [0.2, 0.25) is 10.0 Å². The summed E-state index contributed by atoms with van der Waals surface area (Å²) in [5.74, 6) is -0.529. The molecule has 1 aliphatic heterocycles. The molecule has 2 heterocycles. The summed E-state index contributed by atoms with van der Waals surface area (Å²) in [6.45, 7) is 5.82. The highest BCUT2D eigenvalue weighted by atomic mass is 35.5. The number of carbonyl (C=O) groups excluding carboxylic acids is 1. The fraction of sp³-hybridized carbons (Fsp3) is 0.429. The van der Waals surface area contributed by atoms with Crippen LogP contribution < -0.4 is 0 Å². The predicted molar refractivity (Wildman–Crippen MR) is 115 cm³/mol. The van der Waals surface area contributed by atoms with Gasteiger partial charge >= 0.3 is 0 Å². The van der Waals surface area contributed by atoms with E-state index in [-0.39, 0.29) is 39.4 Å². The number of halogens is 2. The third-order valence-electron chi connectivity index (χ3n) is 5.34. The minimum absolute atomic E-state index is 0.0356. The van der Waals surface area contributed by atoms with E-state index in [4.69, 9.17) is 23.2 Å². The topological polar surface area (TPSA) is 67.3 Å². The van der Waals surface area contributed by atoms with Crippen molar-refractivity contribution in [2.45, 2.75) is 62.8 Å². The molecular formula is C21H24Cl2N2O3S. The van der Waals surface area contributed by atoms with Gasteiger partial charge < -0.3 is 4.90 Å². The van der Waals surface area contributed by atoms with E-state index in [0.717, 1.165) is 19.3 Å². The van der Waals surface area contributed by atoms with Crippen molar-refractivity contribution in [3.63, 3.8) is 0 Å². The van der Waals surface area contributed by atoms with E-state index in [1.54, 1.807) is 25.1 Å². The maximum atomic E-state index is 13.0. The van der Waals surface area contributed by atoms with Crippen molar-refractivity contribution in [3.8, 4) is 0 Å². The molecule has 3 rings (SSSR count). The normalized spacial score (nSPS) is 20.0. The standard InChI is InChI=1S/C21H24Cl2N2O3S/c1-13-10-18(23)20(11-17(13)22)29(27,28)12-16-8-5-9-19(24-16)21(26)25-14(2)6-4-7-15(25)3/h5,8-11,14-15H,4,6-7,12H2,1-3H3/t14-,15+. The summed E-state index contributed by atoms with van der Waals surface area (Å²) in [7, 11) is -3.78. The van der Waals surface area contributed by atoms with Gasteiger partial charge in [-0.2, -0.15) is 0 Å². The van der Waals surface area contributed by atoms with Crippen molar-refractivity contribution in [2.24, 2.45) is 0 Å². The van der Waals surface area contributed by atoms with Crippen molar-refractivity contribution in [2.75, 3.05) is 0 Å². The number of amides is 1. The van der Waals surface area contributed by atoms with Crippen LogP contribution in [-0.2, 0) is 15.6 Å². The Kier molecular flexibility index (Phi) is 6.56. The summed E-state index contributed by atoms with van der Waals surface area (Å²) in [6, 6.07) is 8.05. The highest BCUT2D eigenvalue weighted by molar-refractivity contribution is 7.90. The third kappa shape index (κ3) is 4.76. The first kappa shape index (κ1) is 22.1. The molecule has 1 aliphatic rings.